The molecule has 0 bridgehead atoms. The summed E-state index contributed by atoms with van der Waals surface area (Å²) in [5, 5.41) is 0. The monoisotopic (exact) mass is 468 g/mol. The van der Waals surface area contributed by atoms with Crippen molar-refractivity contribution in [2.75, 3.05) is 0 Å². The Balaban J connectivity index is 0.000000292. The number of hydrogen-bond donors (Lipinski definition) is 0. The van der Waals surface area contributed by atoms with Crippen LogP contribution < -0.4 is 0 Å². The van der Waals surface area contributed by atoms with Gasteiger partial charge in [-0.25, -0.2) is 0 Å². The van der Waals surface area contributed by atoms with Crippen LogP contribution in [0.5, 0.6) is 0 Å². The van der Waals surface area contributed by atoms with Gasteiger partial charge >= 0.3 is 49.8 Å². The first-order chi connectivity index (χ1) is 5.41. The van der Waals surface area contributed by atoms with Crippen LogP contribution in [0.1, 0.15) is 25.7 Å². The van der Waals surface area contributed by atoms with E-state index in [0.29, 0.717) is 0 Å². The molecule has 0 atom stereocenters. The quantitative estimate of drug-likeness (QED) is 0.280. The van der Waals surface area contributed by atoms with Crippen molar-refractivity contribution in [3.8, 4) is 0 Å². The molecule has 1 aliphatic rings. The second kappa shape index (κ2) is 11.6. The summed E-state index contributed by atoms with van der Waals surface area (Å²) in [4.78, 5) is 0. The van der Waals surface area contributed by atoms with Gasteiger partial charge < -0.3 is 0 Å². The second-order valence-corrected chi connectivity index (χ2v) is 14.1. The second-order valence-electron chi connectivity index (χ2n) is 2.14. The van der Waals surface area contributed by atoms with E-state index in [0.717, 1.165) is 10.8 Å². The van der Waals surface area contributed by atoms with Crippen molar-refractivity contribution in [1.29, 1.82) is 0 Å². The van der Waals surface area contributed by atoms with E-state index in [1.54, 1.807) is 0 Å². The zero-order valence-corrected chi connectivity index (χ0v) is 12.1. The Morgan fingerprint density at radius 3 is 1.09 bits per heavy atom. The number of rotatable bonds is 0. The molecule has 0 spiro atoms. The molecule has 0 aromatic rings. The molecule has 0 saturated carbocycles. The third kappa shape index (κ3) is 11.6. The molecule has 1 rings (SSSR count). The molecule has 11 heavy (non-hydrogen) atoms. The van der Waals surface area contributed by atoms with Crippen LogP contribution in [0.4, 0.5) is 0 Å². The van der Waals surface area contributed by atoms with Crippen LogP contribution in [0, 0.1) is 0 Å². The van der Waals surface area contributed by atoms with Crippen LogP contribution in [-0.4, -0.2) is 0 Å². The summed E-state index contributed by atoms with van der Waals surface area (Å²) in [6, 6.07) is 0. The van der Waals surface area contributed by atoms with Gasteiger partial charge in [0.1, 0.15) is 0 Å². The number of hydrogen-bond acceptors (Lipinski definition) is 0. The molecule has 0 aliphatic heterocycles. The van der Waals surface area contributed by atoms with E-state index in [2.05, 4.69) is 63.3 Å². The Labute approximate surface area is 98.4 Å². The van der Waals surface area contributed by atoms with E-state index in [-0.39, 0.29) is 0 Å². The Kier molecular flexibility index (Phi) is 13.3. The van der Waals surface area contributed by atoms with Gasteiger partial charge in [-0.15, -0.1) is 0 Å². The maximum absolute atomic E-state index is 2.33. The fourth-order valence-electron chi connectivity index (χ4n) is 0.856. The zero-order valence-electron chi connectivity index (χ0n) is 6.21. The summed E-state index contributed by atoms with van der Waals surface area (Å²) in [7, 11) is 0.890. The molecule has 1 aliphatic carbocycles. The molecule has 0 aromatic heterocycles. The van der Waals surface area contributed by atoms with E-state index in [1.165, 1.54) is 25.7 Å². The summed E-state index contributed by atoms with van der Waals surface area (Å²) >= 11 is 4.65. The molecule has 3 heteroatoms. The summed E-state index contributed by atoms with van der Waals surface area (Å²) in [6.07, 6.45) is 14.0. The van der Waals surface area contributed by atoms with Crippen molar-refractivity contribution >= 4 is 39.0 Å². The minimum absolute atomic E-state index is 0.890. The van der Waals surface area contributed by atoms with Crippen LogP contribution in [0.2, 0.25) is 0 Å². The molecule has 0 unspecified atom stereocenters. The van der Waals surface area contributed by atoms with Crippen LogP contribution in [0.25, 0.3) is 0 Å². The summed E-state index contributed by atoms with van der Waals surface area (Å²) in [5.41, 5.74) is 0. The molecular weight excluding hydrogens is 456 g/mol. The van der Waals surface area contributed by atoms with E-state index in [4.69, 9.17) is 0 Å². The first kappa shape index (κ1) is 12.6. The van der Waals surface area contributed by atoms with Crippen LogP contribution in [0.3, 0.4) is 0 Å². The molecule has 68 valence electrons. The van der Waals surface area contributed by atoms with Gasteiger partial charge in [0.15, 0.2) is 0 Å². The third-order valence-corrected chi connectivity index (χ3v) is 1.33. The molecule has 0 aromatic carbocycles. The summed E-state index contributed by atoms with van der Waals surface area (Å²) in [6.45, 7) is 0. The Morgan fingerprint density at radius 2 is 0.909 bits per heavy atom. The van der Waals surface area contributed by atoms with Crippen LogP contribution >= 0.6 is 39.0 Å². The zero-order chi connectivity index (χ0) is 8.36. The predicted molar refractivity (Wildman–Crippen MR) is 64.8 cm³/mol. The molecule has 0 nitrogen and oxygen atoms in total. The van der Waals surface area contributed by atoms with Gasteiger partial charge in [-0.1, -0.05) is 24.3 Å². The first-order valence-corrected chi connectivity index (χ1v) is 12.8. The van der Waals surface area contributed by atoms with Gasteiger partial charge in [0.2, 0.25) is 0 Å². The van der Waals surface area contributed by atoms with Gasteiger partial charge in [-0.2, -0.15) is 0 Å². The van der Waals surface area contributed by atoms with Crippen molar-refractivity contribution < 1.29 is 10.8 Å². The molecule has 0 radical (unpaired) electrons. The van der Waals surface area contributed by atoms with E-state index < -0.39 is 0 Å². The Bertz CT molecular complexity index is 95.3. The first-order valence-electron chi connectivity index (χ1n) is 3.54. The summed E-state index contributed by atoms with van der Waals surface area (Å²) < 4.78 is 0. The Morgan fingerprint density at radius 1 is 0.727 bits per heavy atom. The third-order valence-electron chi connectivity index (χ3n) is 1.33. The van der Waals surface area contributed by atoms with E-state index in [9.17, 15) is 0 Å². The van der Waals surface area contributed by atoms with Crippen molar-refractivity contribution in [2.45, 2.75) is 25.7 Å². The SMILES string of the molecule is C1=C\CC/C=C\CC/1.[I][Pd][I]. The molecule has 0 saturated heterocycles. The molecule has 0 N–H and O–H groups in total. The number of halogens is 2. The van der Waals surface area contributed by atoms with Crippen LogP contribution in [0.15, 0.2) is 24.3 Å². The normalized spacial score (nSPS) is 22.4. The average molecular weight is 468 g/mol. The summed E-state index contributed by atoms with van der Waals surface area (Å²) in [5.74, 6) is 0. The topological polar surface area (TPSA) is 0 Å². The van der Waals surface area contributed by atoms with Gasteiger partial charge in [-0.3, -0.25) is 0 Å². The predicted octanol–water partition coefficient (Wildman–Crippen LogP) is 4.44. The Hall–Kier alpha value is 1.60. The molecule has 0 fully saturated rings. The van der Waals surface area contributed by atoms with E-state index >= 15 is 0 Å². The van der Waals surface area contributed by atoms with Crippen LogP contribution in [-0.2, 0) is 10.8 Å². The molecule has 0 amide bonds. The standard InChI is InChI=1S/C8H12.2HI.Pd/c1-2-4-6-8-7-5-3-1;;;/h1-2,7-8H,3-6H2;2*1H;/q;;;+2/p-2/b2-1-,8-7-;;;. The van der Waals surface area contributed by atoms with Crippen molar-refractivity contribution in [1.82, 2.24) is 0 Å². The fraction of sp³-hybridized carbons (Fsp3) is 0.500. The van der Waals surface area contributed by atoms with Gasteiger partial charge in [0, 0.05) is 0 Å². The van der Waals surface area contributed by atoms with Crippen molar-refractivity contribution in [3.05, 3.63) is 24.3 Å². The van der Waals surface area contributed by atoms with E-state index in [1.807, 2.05) is 0 Å². The van der Waals surface area contributed by atoms with Gasteiger partial charge in [0.25, 0.3) is 0 Å². The molecule has 0 heterocycles. The maximum atomic E-state index is 2.33. The average Bonchev–Trinajstić information content (AvgIpc) is 1.86. The van der Waals surface area contributed by atoms with Gasteiger partial charge in [-0.05, 0) is 25.7 Å². The minimum atomic E-state index is 0.890. The molecular formula is C8H12I2Pd. The van der Waals surface area contributed by atoms with Crippen molar-refractivity contribution in [3.63, 3.8) is 0 Å². The number of allylic oxidation sites excluding steroid dienone is 4. The van der Waals surface area contributed by atoms with Gasteiger partial charge in [0.05, 0.1) is 0 Å². The fourth-order valence-corrected chi connectivity index (χ4v) is 0.856. The van der Waals surface area contributed by atoms with Crippen molar-refractivity contribution in [2.24, 2.45) is 0 Å².